The second-order valence-corrected chi connectivity index (χ2v) is 13.7. The van der Waals surface area contributed by atoms with Crippen molar-refractivity contribution in [2.24, 2.45) is 4.99 Å². The van der Waals surface area contributed by atoms with Crippen molar-refractivity contribution in [1.29, 1.82) is 0 Å². The van der Waals surface area contributed by atoms with Crippen molar-refractivity contribution in [1.82, 2.24) is 0 Å². The molecule has 4 nitrogen and oxygen atoms in total. The molecule has 0 atom stereocenters. The molecule has 5 heteroatoms. The van der Waals surface area contributed by atoms with Gasteiger partial charge in [0, 0.05) is 0 Å². The Bertz CT molecular complexity index is 1340. The summed E-state index contributed by atoms with van der Waals surface area (Å²) in [6, 6.07) is 22.3. The minimum atomic E-state index is -1.35. The van der Waals surface area contributed by atoms with E-state index in [0.717, 1.165) is 22.8 Å². The molecule has 2 radical (unpaired) electrons. The van der Waals surface area contributed by atoms with E-state index in [-0.39, 0.29) is 5.97 Å². The zero-order chi connectivity index (χ0) is 30.3. The summed E-state index contributed by atoms with van der Waals surface area (Å²) in [5, 5.41) is 0. The van der Waals surface area contributed by atoms with Gasteiger partial charge in [0.25, 0.3) is 0 Å². The number of para-hydroxylation sites is 2. The van der Waals surface area contributed by atoms with Gasteiger partial charge in [-0.3, -0.25) is 0 Å². The Morgan fingerprint density at radius 1 is 0.707 bits per heavy atom. The van der Waals surface area contributed by atoms with Gasteiger partial charge in [-0.25, -0.2) is 0 Å². The third-order valence-electron chi connectivity index (χ3n) is 7.21. The molecule has 3 aromatic rings. The van der Waals surface area contributed by atoms with Crippen LogP contribution in [0.2, 0.25) is 0 Å². The summed E-state index contributed by atoms with van der Waals surface area (Å²) in [5.74, 6) is 1.09. The molecule has 0 aromatic heterocycles. The molecule has 0 bridgehead atoms. The van der Waals surface area contributed by atoms with Crippen molar-refractivity contribution in [2.45, 2.75) is 92.9 Å². The Balaban J connectivity index is 2.13. The van der Waals surface area contributed by atoms with Crippen LogP contribution in [0.5, 0.6) is 0 Å². The van der Waals surface area contributed by atoms with Crippen LogP contribution >= 0.6 is 0 Å². The fraction of sp³-hybridized carbons (Fsp3) is 0.389. The third-order valence-corrected chi connectivity index (χ3v) is 9.38. The number of hydrogen-bond acceptors (Lipinski definition) is 4. The summed E-state index contributed by atoms with van der Waals surface area (Å²) in [7, 11) is 0. The Labute approximate surface area is 255 Å². The fourth-order valence-corrected chi connectivity index (χ4v) is 6.78. The summed E-state index contributed by atoms with van der Waals surface area (Å²) in [4.78, 5) is 18.2. The molecule has 0 saturated carbocycles. The first-order valence-electron chi connectivity index (χ1n) is 14.7. The molecule has 0 spiro atoms. The molecular weight excluding hydrogens is 565 g/mol. The van der Waals surface area contributed by atoms with Crippen LogP contribution < -0.4 is 3.86 Å². The van der Waals surface area contributed by atoms with Crippen molar-refractivity contribution in [3.63, 3.8) is 0 Å². The van der Waals surface area contributed by atoms with Gasteiger partial charge in [-0.15, -0.1) is 0 Å². The number of hydrogen-bond donors (Lipinski definition) is 0. The number of carbonyl (C=O) groups is 1. The van der Waals surface area contributed by atoms with Crippen molar-refractivity contribution >= 4 is 39.0 Å². The molecule has 216 valence electrons. The summed E-state index contributed by atoms with van der Waals surface area (Å²) < 4.78 is 8.33. The molecule has 3 aromatic carbocycles. The number of nitrogens with zero attached hydrogens (tertiary/aromatic N) is 2. The first kappa shape index (κ1) is 32.4. The quantitative estimate of drug-likeness (QED) is 0.160. The molecule has 41 heavy (non-hydrogen) atoms. The Morgan fingerprint density at radius 3 is 1.63 bits per heavy atom. The van der Waals surface area contributed by atoms with Gasteiger partial charge in [0.15, 0.2) is 0 Å². The average Bonchev–Trinajstić information content (AvgIpc) is 2.93. The van der Waals surface area contributed by atoms with E-state index in [2.05, 4.69) is 116 Å². The molecular formula is C36H46GeN2O2. The zero-order valence-corrected chi connectivity index (χ0v) is 28.5. The third kappa shape index (κ3) is 8.22. The molecule has 0 heterocycles. The average molecular weight is 611 g/mol. The van der Waals surface area contributed by atoms with Crippen molar-refractivity contribution in [3.8, 4) is 0 Å². The molecule has 0 unspecified atom stereocenters. The van der Waals surface area contributed by atoms with E-state index in [1.54, 1.807) is 12.1 Å². The van der Waals surface area contributed by atoms with Gasteiger partial charge in [-0.2, -0.15) is 0 Å². The van der Waals surface area contributed by atoms with Crippen LogP contribution in [0.15, 0.2) is 83.5 Å². The SMILES string of the molecule is CC(/C=C(/C)[N]([Ge][O]C(=O)c1ccccc1)c1c(C(C)C)cccc1C(C)C)=Nc1c(C(C)C)cccc1C(C)C. The number of rotatable bonds is 11. The Hall–Kier alpha value is -3.12. The van der Waals surface area contributed by atoms with E-state index >= 15 is 0 Å². The monoisotopic (exact) mass is 612 g/mol. The molecule has 0 saturated heterocycles. The molecule has 3 rings (SSSR count). The van der Waals surface area contributed by atoms with Crippen LogP contribution in [0.25, 0.3) is 0 Å². The first-order chi connectivity index (χ1) is 19.4. The Kier molecular flexibility index (Phi) is 11.6. The van der Waals surface area contributed by atoms with Gasteiger partial charge in [0.2, 0.25) is 0 Å². The van der Waals surface area contributed by atoms with Crippen LogP contribution in [0.1, 0.15) is 126 Å². The standard InChI is InChI=1S/C36H46GeN2O2/c1-23(2)30-18-14-19-31(24(3)4)34(30)38-27(9)22-28(10)39(37-41-36(40)29-16-12-11-13-17-29)35-32(25(5)6)20-15-21-33(35)26(7)8/h11-26H,1-10H3/b28-22-,38-27?. The zero-order valence-electron chi connectivity index (χ0n) is 26.4. The van der Waals surface area contributed by atoms with Gasteiger partial charge in [0.05, 0.1) is 0 Å². The van der Waals surface area contributed by atoms with E-state index in [4.69, 9.17) is 8.76 Å². The van der Waals surface area contributed by atoms with Crippen LogP contribution in [0.4, 0.5) is 11.4 Å². The van der Waals surface area contributed by atoms with Gasteiger partial charge in [-0.05, 0) is 0 Å². The number of carbonyl (C=O) groups excluding carboxylic acids is 1. The van der Waals surface area contributed by atoms with E-state index in [1.165, 1.54) is 22.3 Å². The summed E-state index contributed by atoms with van der Waals surface area (Å²) >= 11 is -1.35. The van der Waals surface area contributed by atoms with E-state index in [9.17, 15) is 4.79 Å². The van der Waals surface area contributed by atoms with Gasteiger partial charge >= 0.3 is 256 Å². The normalized spacial score (nSPS) is 12.5. The van der Waals surface area contributed by atoms with Gasteiger partial charge in [-0.1, -0.05) is 0 Å². The number of aliphatic imine (C=N–C) groups is 1. The number of benzene rings is 3. The van der Waals surface area contributed by atoms with Crippen molar-refractivity contribution in [3.05, 3.63) is 106 Å². The van der Waals surface area contributed by atoms with Gasteiger partial charge in [0.1, 0.15) is 0 Å². The number of anilines is 1. The fourth-order valence-electron chi connectivity index (χ4n) is 5.00. The minimum absolute atomic E-state index is 0.283. The predicted molar refractivity (Wildman–Crippen MR) is 176 cm³/mol. The second kappa shape index (κ2) is 14.7. The summed E-state index contributed by atoms with van der Waals surface area (Å²) in [6.07, 6.45) is 2.14. The number of allylic oxidation sites excluding steroid dienone is 2. The maximum absolute atomic E-state index is 13.0. The Morgan fingerprint density at radius 2 is 1.17 bits per heavy atom. The maximum atomic E-state index is 13.0. The van der Waals surface area contributed by atoms with Crippen molar-refractivity contribution < 1.29 is 8.56 Å². The van der Waals surface area contributed by atoms with Crippen LogP contribution in [-0.4, -0.2) is 27.7 Å². The van der Waals surface area contributed by atoms with E-state index in [1.807, 2.05) is 18.2 Å². The topological polar surface area (TPSA) is 41.9 Å². The van der Waals surface area contributed by atoms with Crippen molar-refractivity contribution in [2.75, 3.05) is 3.86 Å². The van der Waals surface area contributed by atoms with E-state index in [0.29, 0.717) is 29.2 Å². The summed E-state index contributed by atoms with van der Waals surface area (Å²) in [5.41, 5.74) is 9.78. The van der Waals surface area contributed by atoms with Crippen LogP contribution in [-0.2, 0) is 3.76 Å². The first-order valence-corrected chi connectivity index (χ1v) is 16.5. The molecule has 0 aliphatic heterocycles. The molecule has 0 amide bonds. The van der Waals surface area contributed by atoms with Crippen LogP contribution in [0.3, 0.4) is 0 Å². The molecule has 0 aliphatic carbocycles. The van der Waals surface area contributed by atoms with Crippen LogP contribution in [0, 0.1) is 0 Å². The molecule has 0 N–H and O–H groups in total. The van der Waals surface area contributed by atoms with E-state index < -0.39 is 16.0 Å². The summed E-state index contributed by atoms with van der Waals surface area (Å²) in [6.45, 7) is 21.9. The molecule has 0 fully saturated rings. The van der Waals surface area contributed by atoms with Gasteiger partial charge < -0.3 is 0 Å². The predicted octanol–water partition coefficient (Wildman–Crippen LogP) is 10.1. The second-order valence-electron chi connectivity index (χ2n) is 11.9. The molecule has 0 aliphatic rings.